The van der Waals surface area contributed by atoms with E-state index < -0.39 is 0 Å². The van der Waals surface area contributed by atoms with Gasteiger partial charge in [0.15, 0.2) is 0 Å². The first-order valence-electron chi connectivity index (χ1n) is 5.80. The number of likely N-dealkylation sites (tertiary alicyclic amines) is 1. The van der Waals surface area contributed by atoms with Crippen LogP contribution in [0.2, 0.25) is 0 Å². The second-order valence-electron chi connectivity index (χ2n) is 5.07. The lowest BCUT2D eigenvalue weighted by Gasteiger charge is -2.38. The zero-order chi connectivity index (χ0) is 10.9. The summed E-state index contributed by atoms with van der Waals surface area (Å²) in [7, 11) is 2.17. The molecule has 0 aromatic rings. The Hall–Kier alpha value is -0.610. The van der Waals surface area contributed by atoms with Gasteiger partial charge in [0.25, 0.3) is 0 Å². The molecule has 0 radical (unpaired) electrons. The molecule has 1 amide bonds. The average Bonchev–Trinajstić information content (AvgIpc) is 2.54. The lowest BCUT2D eigenvalue weighted by Crippen LogP contribution is -2.48. The molecule has 86 valence electrons. The van der Waals surface area contributed by atoms with Crippen LogP contribution in [-0.2, 0) is 4.79 Å². The number of nitrogens with zero attached hydrogens (tertiary/aromatic N) is 1. The van der Waals surface area contributed by atoms with Crippen LogP contribution < -0.4 is 10.6 Å². The van der Waals surface area contributed by atoms with E-state index in [1.165, 1.54) is 25.9 Å². The minimum atomic E-state index is 0.0896. The van der Waals surface area contributed by atoms with E-state index in [0.29, 0.717) is 11.6 Å². The van der Waals surface area contributed by atoms with Gasteiger partial charge in [0.2, 0.25) is 5.91 Å². The van der Waals surface area contributed by atoms with E-state index in [9.17, 15) is 4.79 Å². The Balaban J connectivity index is 1.88. The van der Waals surface area contributed by atoms with E-state index in [-0.39, 0.29) is 5.91 Å². The van der Waals surface area contributed by atoms with Gasteiger partial charge in [-0.2, -0.15) is 0 Å². The lowest BCUT2D eigenvalue weighted by atomic mass is 9.85. The second kappa shape index (κ2) is 4.10. The van der Waals surface area contributed by atoms with Gasteiger partial charge in [-0.3, -0.25) is 4.79 Å². The fourth-order valence-corrected chi connectivity index (χ4v) is 2.77. The summed E-state index contributed by atoms with van der Waals surface area (Å²) in [5.41, 5.74) is 0.305. The minimum absolute atomic E-state index is 0.0896. The maximum Gasteiger partial charge on any atom is 0.217 e. The Morgan fingerprint density at radius 1 is 1.47 bits per heavy atom. The maximum atomic E-state index is 11.0. The number of rotatable bonds is 1. The third-order valence-electron chi connectivity index (χ3n) is 3.71. The van der Waals surface area contributed by atoms with Crippen molar-refractivity contribution in [2.45, 2.75) is 37.8 Å². The summed E-state index contributed by atoms with van der Waals surface area (Å²) >= 11 is 0. The highest BCUT2D eigenvalue weighted by atomic mass is 16.1. The number of amides is 1. The molecule has 15 heavy (non-hydrogen) atoms. The number of piperidine rings is 1. The van der Waals surface area contributed by atoms with E-state index in [1.807, 2.05) is 0 Å². The molecule has 2 rings (SSSR count). The first kappa shape index (κ1) is 10.9. The standard InChI is InChI=1S/C11H21N3O/c1-9(15)13-10-7-11(12-8-10)3-5-14(2)6-4-11/h10,12H,3-8H2,1-2H3,(H,13,15)/t10-/m0/s1. The predicted molar refractivity (Wildman–Crippen MR) is 59.7 cm³/mol. The molecule has 2 heterocycles. The zero-order valence-electron chi connectivity index (χ0n) is 9.68. The van der Waals surface area contributed by atoms with E-state index in [4.69, 9.17) is 0 Å². The van der Waals surface area contributed by atoms with Gasteiger partial charge in [-0.15, -0.1) is 0 Å². The van der Waals surface area contributed by atoms with Gasteiger partial charge in [-0.05, 0) is 39.4 Å². The molecule has 1 spiro atoms. The van der Waals surface area contributed by atoms with Crippen molar-refractivity contribution in [3.63, 3.8) is 0 Å². The monoisotopic (exact) mass is 211 g/mol. The van der Waals surface area contributed by atoms with Gasteiger partial charge in [-0.25, -0.2) is 0 Å². The van der Waals surface area contributed by atoms with Gasteiger partial charge < -0.3 is 15.5 Å². The van der Waals surface area contributed by atoms with Crippen molar-refractivity contribution >= 4 is 5.91 Å². The molecule has 2 fully saturated rings. The van der Waals surface area contributed by atoms with Crippen molar-refractivity contribution in [2.75, 3.05) is 26.7 Å². The second-order valence-corrected chi connectivity index (χ2v) is 5.07. The quantitative estimate of drug-likeness (QED) is 0.639. The van der Waals surface area contributed by atoms with Crippen LogP contribution in [-0.4, -0.2) is 49.1 Å². The minimum Gasteiger partial charge on any atom is -0.352 e. The third kappa shape index (κ3) is 2.49. The van der Waals surface area contributed by atoms with Gasteiger partial charge in [0.05, 0.1) is 0 Å². The predicted octanol–water partition coefficient (Wildman–Crippen LogP) is -0.0512. The Morgan fingerprint density at radius 3 is 2.73 bits per heavy atom. The van der Waals surface area contributed by atoms with Crippen LogP contribution in [0, 0.1) is 0 Å². The first-order chi connectivity index (χ1) is 7.10. The summed E-state index contributed by atoms with van der Waals surface area (Å²) < 4.78 is 0. The van der Waals surface area contributed by atoms with E-state index in [2.05, 4.69) is 22.6 Å². The summed E-state index contributed by atoms with van der Waals surface area (Å²) in [6, 6.07) is 0.339. The molecule has 0 bridgehead atoms. The molecule has 2 saturated heterocycles. The molecule has 4 nitrogen and oxygen atoms in total. The number of carbonyl (C=O) groups is 1. The lowest BCUT2D eigenvalue weighted by molar-refractivity contribution is -0.119. The number of hydrogen-bond acceptors (Lipinski definition) is 3. The summed E-state index contributed by atoms with van der Waals surface area (Å²) in [6.45, 7) is 4.86. The number of carbonyl (C=O) groups excluding carboxylic acids is 1. The van der Waals surface area contributed by atoms with Crippen LogP contribution in [0.3, 0.4) is 0 Å². The average molecular weight is 211 g/mol. The van der Waals surface area contributed by atoms with Gasteiger partial charge >= 0.3 is 0 Å². The third-order valence-corrected chi connectivity index (χ3v) is 3.71. The largest absolute Gasteiger partial charge is 0.352 e. The summed E-state index contributed by atoms with van der Waals surface area (Å²) in [4.78, 5) is 13.3. The molecule has 2 N–H and O–H groups in total. The molecular weight excluding hydrogens is 190 g/mol. The fraction of sp³-hybridized carbons (Fsp3) is 0.909. The van der Waals surface area contributed by atoms with Crippen molar-refractivity contribution < 1.29 is 4.79 Å². The van der Waals surface area contributed by atoms with Crippen molar-refractivity contribution in [2.24, 2.45) is 0 Å². The van der Waals surface area contributed by atoms with Gasteiger partial charge in [0, 0.05) is 25.0 Å². The molecule has 2 aliphatic heterocycles. The Morgan fingerprint density at radius 2 is 2.13 bits per heavy atom. The van der Waals surface area contributed by atoms with Crippen LogP contribution in [0.4, 0.5) is 0 Å². The molecule has 4 heteroatoms. The normalized spacial score (nSPS) is 30.7. The SMILES string of the molecule is CC(=O)N[C@@H]1CNC2(CCN(C)CC2)C1. The van der Waals surface area contributed by atoms with E-state index >= 15 is 0 Å². The first-order valence-corrected chi connectivity index (χ1v) is 5.80. The van der Waals surface area contributed by atoms with Crippen LogP contribution >= 0.6 is 0 Å². The molecule has 0 unspecified atom stereocenters. The number of nitrogens with one attached hydrogen (secondary N) is 2. The van der Waals surface area contributed by atoms with Crippen LogP contribution in [0.5, 0.6) is 0 Å². The molecule has 1 atom stereocenters. The van der Waals surface area contributed by atoms with Gasteiger partial charge in [-0.1, -0.05) is 0 Å². The molecular formula is C11H21N3O. The molecule has 0 aromatic carbocycles. The zero-order valence-corrected chi connectivity index (χ0v) is 9.68. The molecule has 0 saturated carbocycles. The fourth-order valence-electron chi connectivity index (χ4n) is 2.77. The molecule has 0 aromatic heterocycles. The van der Waals surface area contributed by atoms with Crippen LogP contribution in [0.25, 0.3) is 0 Å². The Kier molecular flexibility index (Phi) is 2.98. The smallest absolute Gasteiger partial charge is 0.217 e. The van der Waals surface area contributed by atoms with E-state index in [1.54, 1.807) is 6.92 Å². The van der Waals surface area contributed by atoms with Crippen molar-refractivity contribution in [1.82, 2.24) is 15.5 Å². The molecule has 2 aliphatic rings. The topological polar surface area (TPSA) is 44.4 Å². The Labute approximate surface area is 91.4 Å². The maximum absolute atomic E-state index is 11.0. The summed E-state index contributed by atoms with van der Waals surface area (Å²) in [5, 5.41) is 6.62. The van der Waals surface area contributed by atoms with E-state index in [0.717, 1.165) is 13.0 Å². The molecule has 0 aliphatic carbocycles. The highest BCUT2D eigenvalue weighted by Crippen LogP contribution is 2.30. The Bertz CT molecular complexity index is 246. The summed E-state index contributed by atoms with van der Waals surface area (Å²) in [5.74, 6) is 0.0896. The van der Waals surface area contributed by atoms with Crippen LogP contribution in [0.1, 0.15) is 26.2 Å². The summed E-state index contributed by atoms with van der Waals surface area (Å²) in [6.07, 6.45) is 3.51. The highest BCUT2D eigenvalue weighted by Gasteiger charge is 2.40. The van der Waals surface area contributed by atoms with Gasteiger partial charge in [0.1, 0.15) is 0 Å². The van der Waals surface area contributed by atoms with Crippen molar-refractivity contribution in [3.05, 3.63) is 0 Å². The van der Waals surface area contributed by atoms with Crippen molar-refractivity contribution in [1.29, 1.82) is 0 Å². The van der Waals surface area contributed by atoms with Crippen LogP contribution in [0.15, 0.2) is 0 Å². The highest BCUT2D eigenvalue weighted by molar-refractivity contribution is 5.73. The number of hydrogen-bond donors (Lipinski definition) is 2. The van der Waals surface area contributed by atoms with Crippen molar-refractivity contribution in [3.8, 4) is 0 Å².